The fourth-order valence-corrected chi connectivity index (χ4v) is 3.74. The second-order valence-corrected chi connectivity index (χ2v) is 7.25. The molecule has 0 radical (unpaired) electrons. The molecule has 1 aromatic heterocycles. The number of carbonyl (C=O) groups excluding carboxylic acids is 2. The first-order chi connectivity index (χ1) is 13.8. The molecule has 3 rings (SSSR count). The lowest BCUT2D eigenvalue weighted by Crippen LogP contribution is -2.24. The van der Waals surface area contributed by atoms with E-state index in [9.17, 15) is 18.4 Å². The van der Waals surface area contributed by atoms with Crippen LogP contribution in [0.3, 0.4) is 0 Å². The second-order valence-electron chi connectivity index (χ2n) is 6.42. The monoisotopic (exact) mass is 416 g/mol. The van der Waals surface area contributed by atoms with Crippen LogP contribution in [0.5, 0.6) is 0 Å². The van der Waals surface area contributed by atoms with E-state index in [1.54, 1.807) is 5.38 Å². The quantitative estimate of drug-likeness (QED) is 0.544. The highest BCUT2D eigenvalue weighted by Crippen LogP contribution is 2.33. The summed E-state index contributed by atoms with van der Waals surface area (Å²) in [4.78, 5) is 30.2. The van der Waals surface area contributed by atoms with Crippen molar-refractivity contribution in [3.8, 4) is 0 Å². The SMILES string of the molecule is CC(=O)N(c1nc(COC(=O)c2ccc(F)cc2F)cs1)c1c(C)cccc1C. The molecule has 0 saturated heterocycles. The van der Waals surface area contributed by atoms with Crippen molar-refractivity contribution in [1.82, 2.24) is 4.98 Å². The Morgan fingerprint density at radius 3 is 2.45 bits per heavy atom. The number of amides is 1. The van der Waals surface area contributed by atoms with Crippen LogP contribution >= 0.6 is 11.3 Å². The summed E-state index contributed by atoms with van der Waals surface area (Å²) in [5, 5.41) is 2.10. The maximum absolute atomic E-state index is 13.7. The maximum atomic E-state index is 13.7. The molecule has 0 atom stereocenters. The normalized spacial score (nSPS) is 10.7. The van der Waals surface area contributed by atoms with Gasteiger partial charge in [0.05, 0.1) is 16.9 Å². The minimum absolute atomic E-state index is 0.200. The van der Waals surface area contributed by atoms with Gasteiger partial charge in [0, 0.05) is 18.4 Å². The maximum Gasteiger partial charge on any atom is 0.341 e. The molecule has 1 amide bonds. The first kappa shape index (κ1) is 20.6. The highest BCUT2D eigenvalue weighted by Gasteiger charge is 2.22. The largest absolute Gasteiger partial charge is 0.455 e. The number of nitrogens with zero attached hydrogens (tertiary/aromatic N) is 2. The third-order valence-corrected chi connectivity index (χ3v) is 5.09. The van der Waals surface area contributed by atoms with E-state index in [-0.39, 0.29) is 18.1 Å². The number of ether oxygens (including phenoxy) is 1. The van der Waals surface area contributed by atoms with Gasteiger partial charge in [-0.3, -0.25) is 9.69 Å². The van der Waals surface area contributed by atoms with Gasteiger partial charge in [0.1, 0.15) is 18.2 Å². The molecule has 8 heteroatoms. The van der Waals surface area contributed by atoms with Gasteiger partial charge < -0.3 is 4.74 Å². The molecule has 150 valence electrons. The predicted molar refractivity (Wildman–Crippen MR) is 106 cm³/mol. The minimum Gasteiger partial charge on any atom is -0.455 e. The van der Waals surface area contributed by atoms with Crippen molar-refractivity contribution in [2.75, 3.05) is 4.90 Å². The van der Waals surface area contributed by atoms with Crippen molar-refractivity contribution >= 4 is 34.0 Å². The fraction of sp³-hybridized carbons (Fsp3) is 0.190. The minimum atomic E-state index is -0.994. The number of aromatic nitrogens is 1. The standard InChI is InChI=1S/C21H18F2N2O3S/c1-12-5-4-6-13(2)19(12)25(14(3)26)21-24-16(11-29-21)10-28-20(27)17-8-7-15(22)9-18(17)23/h4-9,11H,10H2,1-3H3. The van der Waals surface area contributed by atoms with Crippen LogP contribution in [-0.2, 0) is 16.1 Å². The molecule has 0 unspecified atom stereocenters. The number of halogens is 2. The van der Waals surface area contributed by atoms with Gasteiger partial charge in [-0.1, -0.05) is 18.2 Å². The summed E-state index contributed by atoms with van der Waals surface area (Å²) < 4.78 is 31.7. The number of para-hydroxylation sites is 1. The van der Waals surface area contributed by atoms with Crippen LogP contribution in [0.2, 0.25) is 0 Å². The van der Waals surface area contributed by atoms with E-state index in [1.165, 1.54) is 23.2 Å². The lowest BCUT2D eigenvalue weighted by atomic mass is 10.1. The Hall–Kier alpha value is -3.13. The molecule has 1 heterocycles. The smallest absolute Gasteiger partial charge is 0.341 e. The molecule has 2 aromatic carbocycles. The van der Waals surface area contributed by atoms with E-state index < -0.39 is 17.6 Å². The highest BCUT2D eigenvalue weighted by atomic mass is 32.1. The Labute approximate surface area is 170 Å². The van der Waals surface area contributed by atoms with Gasteiger partial charge in [0.15, 0.2) is 5.13 Å². The molecule has 29 heavy (non-hydrogen) atoms. The number of esters is 1. The van der Waals surface area contributed by atoms with Crippen molar-refractivity contribution in [2.24, 2.45) is 0 Å². The molecule has 0 aliphatic carbocycles. The van der Waals surface area contributed by atoms with Crippen molar-refractivity contribution < 1.29 is 23.1 Å². The summed E-state index contributed by atoms with van der Waals surface area (Å²) >= 11 is 1.23. The molecule has 3 aromatic rings. The van der Waals surface area contributed by atoms with Crippen molar-refractivity contribution in [3.63, 3.8) is 0 Å². The molecular formula is C21H18F2N2O3S. The second kappa shape index (κ2) is 8.48. The summed E-state index contributed by atoms with van der Waals surface area (Å²) in [6.07, 6.45) is 0. The van der Waals surface area contributed by atoms with E-state index in [1.807, 2.05) is 32.0 Å². The van der Waals surface area contributed by atoms with Gasteiger partial charge in [0.25, 0.3) is 0 Å². The van der Waals surface area contributed by atoms with Crippen molar-refractivity contribution in [2.45, 2.75) is 27.4 Å². The number of aryl methyl sites for hydroxylation is 2. The summed E-state index contributed by atoms with van der Waals surface area (Å²) in [5.74, 6) is -2.89. The number of hydrogen-bond acceptors (Lipinski definition) is 5. The van der Waals surface area contributed by atoms with Crippen LogP contribution in [0.25, 0.3) is 0 Å². The zero-order chi connectivity index (χ0) is 21.1. The topological polar surface area (TPSA) is 59.5 Å². The van der Waals surface area contributed by atoms with E-state index in [4.69, 9.17) is 4.74 Å². The van der Waals surface area contributed by atoms with E-state index in [0.29, 0.717) is 16.9 Å². The Bertz CT molecular complexity index is 1060. The Balaban J connectivity index is 1.79. The summed E-state index contributed by atoms with van der Waals surface area (Å²) in [6, 6.07) is 8.35. The van der Waals surface area contributed by atoms with Crippen molar-refractivity contribution in [1.29, 1.82) is 0 Å². The van der Waals surface area contributed by atoms with E-state index in [0.717, 1.165) is 28.9 Å². The average molecular weight is 416 g/mol. The molecule has 5 nitrogen and oxygen atoms in total. The molecule has 0 aliphatic heterocycles. The Morgan fingerprint density at radius 2 is 1.83 bits per heavy atom. The molecule has 0 fully saturated rings. The number of carbonyl (C=O) groups is 2. The summed E-state index contributed by atoms with van der Waals surface area (Å²) in [6.45, 7) is 5.06. The van der Waals surface area contributed by atoms with Crippen LogP contribution in [0.15, 0.2) is 41.8 Å². The number of thiazole rings is 1. The predicted octanol–water partition coefficient (Wildman–Crippen LogP) is 5.08. The molecule has 0 N–H and O–H groups in total. The fourth-order valence-electron chi connectivity index (χ4n) is 2.88. The van der Waals surface area contributed by atoms with Crippen LogP contribution in [0.4, 0.5) is 19.6 Å². The molecule has 0 aliphatic rings. The zero-order valence-corrected chi connectivity index (χ0v) is 16.8. The molecule has 0 bridgehead atoms. The summed E-state index contributed by atoms with van der Waals surface area (Å²) in [5.41, 5.74) is 2.66. The van der Waals surface area contributed by atoms with Gasteiger partial charge in [-0.25, -0.2) is 18.6 Å². The molecular weight excluding hydrogens is 398 g/mol. The first-order valence-corrected chi connectivity index (χ1v) is 9.59. The van der Waals surface area contributed by atoms with Crippen LogP contribution in [0.1, 0.15) is 34.1 Å². The number of anilines is 2. The van der Waals surface area contributed by atoms with Gasteiger partial charge in [-0.2, -0.15) is 0 Å². The zero-order valence-electron chi connectivity index (χ0n) is 16.0. The average Bonchev–Trinajstić information content (AvgIpc) is 3.11. The lowest BCUT2D eigenvalue weighted by Gasteiger charge is -2.22. The third-order valence-electron chi connectivity index (χ3n) is 4.21. The van der Waals surface area contributed by atoms with Gasteiger partial charge >= 0.3 is 5.97 Å². The van der Waals surface area contributed by atoms with Crippen LogP contribution in [0, 0.1) is 25.5 Å². The first-order valence-electron chi connectivity index (χ1n) is 8.71. The highest BCUT2D eigenvalue weighted by molar-refractivity contribution is 7.14. The van der Waals surface area contributed by atoms with Gasteiger partial charge in [0.2, 0.25) is 5.91 Å². The third kappa shape index (κ3) is 4.48. The van der Waals surface area contributed by atoms with Gasteiger partial charge in [-0.05, 0) is 37.1 Å². The van der Waals surface area contributed by atoms with Crippen molar-refractivity contribution in [3.05, 3.63) is 75.8 Å². The van der Waals surface area contributed by atoms with Crippen LogP contribution in [-0.4, -0.2) is 16.9 Å². The Morgan fingerprint density at radius 1 is 1.14 bits per heavy atom. The molecule has 0 spiro atoms. The summed E-state index contributed by atoms with van der Waals surface area (Å²) in [7, 11) is 0. The number of hydrogen-bond donors (Lipinski definition) is 0. The Kier molecular flexibility index (Phi) is 6.03. The van der Waals surface area contributed by atoms with Gasteiger partial charge in [-0.15, -0.1) is 11.3 Å². The molecule has 0 saturated carbocycles. The number of benzene rings is 2. The van der Waals surface area contributed by atoms with E-state index >= 15 is 0 Å². The van der Waals surface area contributed by atoms with E-state index in [2.05, 4.69) is 4.98 Å². The van der Waals surface area contributed by atoms with Crippen LogP contribution < -0.4 is 4.90 Å². The lowest BCUT2D eigenvalue weighted by molar-refractivity contribution is -0.115. The number of rotatable bonds is 5.